The topological polar surface area (TPSA) is 66.5 Å². The van der Waals surface area contributed by atoms with Crippen LogP contribution in [0.3, 0.4) is 0 Å². The number of carbonyl (C=O) groups excluding carboxylic acids is 1. The minimum absolute atomic E-state index is 0.185. The molecule has 0 unspecified atom stereocenters. The van der Waals surface area contributed by atoms with E-state index in [1.165, 1.54) is 4.31 Å². The van der Waals surface area contributed by atoms with E-state index in [2.05, 4.69) is 5.32 Å². The van der Waals surface area contributed by atoms with Gasteiger partial charge in [-0.2, -0.15) is 4.31 Å². The Kier molecular flexibility index (Phi) is 3.90. The molecule has 0 fully saturated rings. The van der Waals surface area contributed by atoms with E-state index in [0.29, 0.717) is 35.1 Å². The molecule has 1 aliphatic rings. The Morgan fingerprint density at radius 3 is 2.57 bits per heavy atom. The van der Waals surface area contributed by atoms with Gasteiger partial charge in [0.05, 0.1) is 4.90 Å². The third-order valence-corrected chi connectivity index (χ3v) is 6.03. The Hall–Kier alpha value is -1.92. The van der Waals surface area contributed by atoms with Gasteiger partial charge in [-0.15, -0.1) is 0 Å². The molecular formula is C17H20N2O3S. The van der Waals surface area contributed by atoms with Gasteiger partial charge in [0.1, 0.15) is 0 Å². The molecule has 0 atom stereocenters. The molecule has 3 rings (SSSR count). The van der Waals surface area contributed by atoms with Crippen molar-refractivity contribution in [3.8, 4) is 0 Å². The van der Waals surface area contributed by atoms with E-state index in [-0.39, 0.29) is 16.7 Å². The van der Waals surface area contributed by atoms with Crippen LogP contribution in [0.4, 0.5) is 5.69 Å². The van der Waals surface area contributed by atoms with Crippen LogP contribution < -0.4 is 5.32 Å². The molecular weight excluding hydrogens is 312 g/mol. The zero-order valence-electron chi connectivity index (χ0n) is 13.5. The van der Waals surface area contributed by atoms with Gasteiger partial charge in [0, 0.05) is 35.1 Å². The molecule has 1 amide bonds. The second-order valence-electron chi connectivity index (χ2n) is 6.14. The summed E-state index contributed by atoms with van der Waals surface area (Å²) in [5.41, 5.74) is 1.20. The van der Waals surface area contributed by atoms with E-state index in [1.54, 1.807) is 30.3 Å². The summed E-state index contributed by atoms with van der Waals surface area (Å²) < 4.78 is 27.6. The molecule has 6 heteroatoms. The monoisotopic (exact) mass is 332 g/mol. The predicted octanol–water partition coefficient (Wildman–Crippen LogP) is 3.07. The fourth-order valence-corrected chi connectivity index (χ4v) is 4.83. The zero-order chi connectivity index (χ0) is 16.8. The fourth-order valence-electron chi connectivity index (χ4n) is 3.03. The average Bonchev–Trinajstić information content (AvgIpc) is 2.83. The third-order valence-electron chi connectivity index (χ3n) is 4.03. The molecule has 0 aliphatic carbocycles. The molecule has 0 aromatic heterocycles. The van der Waals surface area contributed by atoms with E-state index < -0.39 is 10.0 Å². The summed E-state index contributed by atoms with van der Waals surface area (Å²) in [5, 5.41) is 4.07. The first kappa shape index (κ1) is 16.0. The number of amides is 1. The maximum Gasteiger partial charge on any atom is 0.256 e. The molecule has 1 heterocycles. The molecule has 2 aromatic rings. The van der Waals surface area contributed by atoms with Crippen LogP contribution in [-0.2, 0) is 10.0 Å². The van der Waals surface area contributed by atoms with Crippen molar-refractivity contribution in [2.75, 3.05) is 18.4 Å². The van der Waals surface area contributed by atoms with Crippen molar-refractivity contribution in [3.05, 3.63) is 35.9 Å². The van der Waals surface area contributed by atoms with Crippen LogP contribution in [0.15, 0.2) is 35.2 Å². The third kappa shape index (κ3) is 2.52. The van der Waals surface area contributed by atoms with Crippen LogP contribution in [-0.4, -0.2) is 31.7 Å². The van der Waals surface area contributed by atoms with Crippen LogP contribution in [0, 0.1) is 5.92 Å². The molecule has 0 radical (unpaired) electrons. The summed E-state index contributed by atoms with van der Waals surface area (Å²) in [6.07, 6.45) is 0. The van der Waals surface area contributed by atoms with Gasteiger partial charge in [-0.3, -0.25) is 4.79 Å². The summed E-state index contributed by atoms with van der Waals surface area (Å²) in [6, 6.07) is 8.47. The fraction of sp³-hybridized carbons (Fsp3) is 0.353. The van der Waals surface area contributed by atoms with E-state index in [4.69, 9.17) is 0 Å². The minimum atomic E-state index is -3.60. The van der Waals surface area contributed by atoms with Crippen molar-refractivity contribution in [2.45, 2.75) is 25.7 Å². The number of hydrogen-bond donors (Lipinski definition) is 1. The van der Waals surface area contributed by atoms with Gasteiger partial charge in [0.2, 0.25) is 10.0 Å². The number of sulfonamides is 1. The molecule has 23 heavy (non-hydrogen) atoms. The van der Waals surface area contributed by atoms with Gasteiger partial charge in [-0.05, 0) is 24.1 Å². The number of benzene rings is 2. The Bertz CT molecular complexity index is 888. The summed E-state index contributed by atoms with van der Waals surface area (Å²) in [6.45, 7) is 6.72. The van der Waals surface area contributed by atoms with Crippen molar-refractivity contribution in [1.29, 1.82) is 0 Å². The number of anilines is 1. The first-order valence-corrected chi connectivity index (χ1v) is 9.17. The highest BCUT2D eigenvalue weighted by atomic mass is 32.2. The van der Waals surface area contributed by atoms with Crippen molar-refractivity contribution in [2.24, 2.45) is 5.92 Å². The van der Waals surface area contributed by atoms with E-state index in [9.17, 15) is 13.2 Å². The number of nitrogens with one attached hydrogen (secondary N) is 1. The van der Waals surface area contributed by atoms with Gasteiger partial charge in [0.15, 0.2) is 0 Å². The lowest BCUT2D eigenvalue weighted by Gasteiger charge is -2.23. The Morgan fingerprint density at radius 2 is 1.91 bits per heavy atom. The van der Waals surface area contributed by atoms with E-state index in [0.717, 1.165) is 0 Å². The van der Waals surface area contributed by atoms with E-state index >= 15 is 0 Å². The molecule has 5 nitrogen and oxygen atoms in total. The van der Waals surface area contributed by atoms with Crippen LogP contribution >= 0.6 is 0 Å². The van der Waals surface area contributed by atoms with Gasteiger partial charge >= 0.3 is 0 Å². The standard InChI is InChI=1S/C17H20N2O3S/c1-4-19(10-11(2)3)23(21,22)15-9-8-14-16-12(15)6-5-7-13(16)17(20)18-14/h5-9,11H,4,10H2,1-3H3,(H,18,20). The van der Waals surface area contributed by atoms with Crippen molar-refractivity contribution in [1.82, 2.24) is 4.31 Å². The Morgan fingerprint density at radius 1 is 1.17 bits per heavy atom. The van der Waals surface area contributed by atoms with Crippen LogP contribution in [0.25, 0.3) is 10.8 Å². The minimum Gasteiger partial charge on any atom is -0.321 e. The highest BCUT2D eigenvalue weighted by Gasteiger charge is 2.29. The van der Waals surface area contributed by atoms with Gasteiger partial charge < -0.3 is 5.32 Å². The SMILES string of the molecule is CCN(CC(C)C)S(=O)(=O)c1ccc2c3c(cccc13)C(=O)N2. The Labute approximate surface area is 136 Å². The first-order valence-electron chi connectivity index (χ1n) is 7.73. The lowest BCUT2D eigenvalue weighted by atomic mass is 10.1. The highest BCUT2D eigenvalue weighted by molar-refractivity contribution is 7.89. The molecule has 0 spiro atoms. The van der Waals surface area contributed by atoms with Crippen molar-refractivity contribution >= 4 is 32.4 Å². The van der Waals surface area contributed by atoms with Gasteiger partial charge in [0.25, 0.3) is 5.91 Å². The van der Waals surface area contributed by atoms with Crippen molar-refractivity contribution in [3.63, 3.8) is 0 Å². The van der Waals surface area contributed by atoms with Crippen molar-refractivity contribution < 1.29 is 13.2 Å². The second-order valence-corrected chi connectivity index (χ2v) is 8.05. The summed E-state index contributed by atoms with van der Waals surface area (Å²) in [4.78, 5) is 12.2. The number of hydrogen-bond acceptors (Lipinski definition) is 3. The molecule has 0 bridgehead atoms. The summed E-state index contributed by atoms with van der Waals surface area (Å²) in [5.74, 6) is 0.0550. The first-order chi connectivity index (χ1) is 10.9. The van der Waals surface area contributed by atoms with Gasteiger partial charge in [-0.25, -0.2) is 8.42 Å². The van der Waals surface area contributed by atoms with Crippen LogP contribution in [0.5, 0.6) is 0 Å². The lowest BCUT2D eigenvalue weighted by Crippen LogP contribution is -2.34. The largest absolute Gasteiger partial charge is 0.321 e. The van der Waals surface area contributed by atoms with Gasteiger partial charge in [-0.1, -0.05) is 32.9 Å². The smallest absolute Gasteiger partial charge is 0.256 e. The summed E-state index contributed by atoms with van der Waals surface area (Å²) >= 11 is 0. The molecule has 2 aromatic carbocycles. The van der Waals surface area contributed by atoms with Crippen LogP contribution in [0.2, 0.25) is 0 Å². The quantitative estimate of drug-likeness (QED) is 0.915. The Balaban J connectivity index is 2.22. The maximum atomic E-state index is 13.1. The number of rotatable bonds is 5. The molecule has 0 saturated heterocycles. The molecule has 122 valence electrons. The maximum absolute atomic E-state index is 13.1. The number of nitrogens with zero attached hydrogens (tertiary/aromatic N) is 1. The zero-order valence-corrected chi connectivity index (χ0v) is 14.3. The number of carbonyl (C=O) groups is 1. The normalized spacial score (nSPS) is 14.0. The summed E-state index contributed by atoms with van der Waals surface area (Å²) in [7, 11) is -3.60. The lowest BCUT2D eigenvalue weighted by molar-refractivity contribution is 0.103. The average molecular weight is 332 g/mol. The second kappa shape index (κ2) is 5.62. The highest BCUT2D eigenvalue weighted by Crippen LogP contribution is 2.37. The molecule has 1 N–H and O–H groups in total. The van der Waals surface area contributed by atoms with Crippen LogP contribution in [0.1, 0.15) is 31.1 Å². The predicted molar refractivity (Wildman–Crippen MR) is 91.2 cm³/mol. The molecule has 1 aliphatic heterocycles. The molecule has 0 saturated carbocycles. The van der Waals surface area contributed by atoms with E-state index in [1.807, 2.05) is 20.8 Å².